The first-order valence-corrected chi connectivity index (χ1v) is 10.1. The number of H-pyrrole nitrogens is 1. The molecule has 0 saturated carbocycles. The molecule has 0 bridgehead atoms. The Bertz CT molecular complexity index is 671. The van der Waals surface area contributed by atoms with Gasteiger partial charge in [-0.15, -0.1) is 0 Å². The highest BCUT2D eigenvalue weighted by molar-refractivity contribution is 5.74. The van der Waals surface area contributed by atoms with Crippen molar-refractivity contribution in [1.29, 1.82) is 0 Å². The fourth-order valence-electron chi connectivity index (χ4n) is 3.68. The zero-order chi connectivity index (χ0) is 18.4. The number of aromatic amines is 1. The molecule has 1 N–H and O–H groups in total. The number of aromatic nitrogens is 2. The number of rotatable bonds is 7. The van der Waals surface area contributed by atoms with Gasteiger partial charge in [0, 0.05) is 19.0 Å². The summed E-state index contributed by atoms with van der Waals surface area (Å²) in [7, 11) is 0. The number of piperidine rings is 1. The number of likely N-dealkylation sites (tertiary alicyclic amines) is 1. The number of hydrogen-bond donors (Lipinski definition) is 1. The number of para-hydroxylation sites is 2. The average molecular weight is 357 g/mol. The van der Waals surface area contributed by atoms with Crippen LogP contribution in [0.15, 0.2) is 24.3 Å². The van der Waals surface area contributed by atoms with Crippen LogP contribution in [0, 0.1) is 5.92 Å². The van der Waals surface area contributed by atoms with Gasteiger partial charge in [0.05, 0.1) is 17.6 Å². The van der Waals surface area contributed by atoms with Crippen molar-refractivity contribution in [2.75, 3.05) is 19.7 Å². The maximum absolute atomic E-state index is 12.4. The van der Waals surface area contributed by atoms with Crippen LogP contribution in [0.3, 0.4) is 0 Å². The summed E-state index contributed by atoms with van der Waals surface area (Å²) in [6.07, 6.45) is 6.33. The summed E-state index contributed by atoms with van der Waals surface area (Å²) in [5.41, 5.74) is 2.10. The first-order chi connectivity index (χ1) is 12.7. The van der Waals surface area contributed by atoms with Crippen molar-refractivity contribution in [1.82, 2.24) is 14.9 Å². The van der Waals surface area contributed by atoms with Gasteiger partial charge in [0.25, 0.3) is 0 Å². The van der Waals surface area contributed by atoms with Crippen molar-refractivity contribution in [3.8, 4) is 0 Å². The number of unbranched alkanes of at least 4 members (excludes halogenated alkanes) is 1. The molecule has 1 aromatic carbocycles. The number of nitrogens with one attached hydrogen (secondary N) is 1. The monoisotopic (exact) mass is 357 g/mol. The third kappa shape index (κ3) is 4.57. The van der Waals surface area contributed by atoms with Crippen LogP contribution in [-0.2, 0) is 4.74 Å². The molecule has 1 atom stereocenters. The second kappa shape index (κ2) is 9.06. The van der Waals surface area contributed by atoms with Crippen LogP contribution in [-0.4, -0.2) is 40.7 Å². The molecule has 26 heavy (non-hydrogen) atoms. The lowest BCUT2D eigenvalue weighted by Gasteiger charge is -2.30. The molecule has 0 radical (unpaired) electrons. The number of hydrogen-bond acceptors (Lipinski definition) is 3. The number of benzene rings is 1. The molecule has 1 aliphatic rings. The van der Waals surface area contributed by atoms with Crippen LogP contribution in [0.1, 0.15) is 64.1 Å². The Balaban J connectivity index is 1.47. The highest BCUT2D eigenvalue weighted by Gasteiger charge is 2.26. The van der Waals surface area contributed by atoms with E-state index in [0.29, 0.717) is 18.4 Å². The van der Waals surface area contributed by atoms with Crippen LogP contribution in [0.2, 0.25) is 0 Å². The fraction of sp³-hybridized carbons (Fsp3) is 0.619. The lowest BCUT2D eigenvalue weighted by atomic mass is 9.96. The Labute approximate surface area is 156 Å². The van der Waals surface area contributed by atoms with E-state index in [9.17, 15) is 4.79 Å². The first kappa shape index (κ1) is 18.7. The number of imidazole rings is 1. The van der Waals surface area contributed by atoms with Gasteiger partial charge in [-0.2, -0.15) is 0 Å². The topological polar surface area (TPSA) is 58.2 Å². The second-order valence-electron chi connectivity index (χ2n) is 7.39. The summed E-state index contributed by atoms with van der Waals surface area (Å²) in [5, 5.41) is 0. The Hall–Kier alpha value is -2.04. The van der Waals surface area contributed by atoms with Crippen molar-refractivity contribution in [2.45, 2.75) is 58.3 Å². The number of amides is 1. The van der Waals surface area contributed by atoms with Gasteiger partial charge < -0.3 is 14.6 Å². The number of ether oxygens (including phenoxy) is 1. The molecule has 1 aromatic heterocycles. The van der Waals surface area contributed by atoms with Crippen LogP contribution < -0.4 is 0 Å². The van der Waals surface area contributed by atoms with Crippen LogP contribution in [0.4, 0.5) is 4.79 Å². The molecule has 3 rings (SSSR count). The van der Waals surface area contributed by atoms with Crippen molar-refractivity contribution >= 4 is 17.1 Å². The van der Waals surface area contributed by atoms with Crippen molar-refractivity contribution in [2.24, 2.45) is 5.92 Å². The molecule has 1 fully saturated rings. The Morgan fingerprint density at radius 1 is 1.31 bits per heavy atom. The van der Waals surface area contributed by atoms with Crippen LogP contribution >= 0.6 is 0 Å². The van der Waals surface area contributed by atoms with Crippen molar-refractivity contribution < 1.29 is 9.53 Å². The molecular formula is C21H31N3O2. The van der Waals surface area contributed by atoms with E-state index in [1.54, 1.807) is 0 Å². The molecule has 1 aliphatic heterocycles. The van der Waals surface area contributed by atoms with Gasteiger partial charge >= 0.3 is 6.09 Å². The standard InChI is InChI=1S/C21H31N3O2/c1-3-5-8-16(4-2)15-26-21(25)24-13-11-17(12-14-24)20-22-18-9-6-7-10-19(18)23-20/h6-7,9-10,16-17H,3-5,8,11-15H2,1-2H3,(H,22,23). The van der Waals surface area contributed by atoms with Crippen LogP contribution in [0.5, 0.6) is 0 Å². The number of carbonyl (C=O) groups excluding carboxylic acids is 1. The van der Waals surface area contributed by atoms with Gasteiger partial charge in [-0.25, -0.2) is 9.78 Å². The molecule has 0 spiro atoms. The third-order valence-corrected chi connectivity index (χ3v) is 5.53. The lowest BCUT2D eigenvalue weighted by molar-refractivity contribution is 0.0766. The van der Waals surface area contributed by atoms with E-state index in [4.69, 9.17) is 9.72 Å². The van der Waals surface area contributed by atoms with E-state index >= 15 is 0 Å². The Morgan fingerprint density at radius 3 is 2.77 bits per heavy atom. The average Bonchev–Trinajstić information content (AvgIpc) is 3.12. The van der Waals surface area contributed by atoms with E-state index in [1.807, 2.05) is 23.1 Å². The van der Waals surface area contributed by atoms with E-state index in [0.717, 1.165) is 55.6 Å². The van der Waals surface area contributed by atoms with E-state index in [-0.39, 0.29) is 6.09 Å². The molecule has 1 unspecified atom stereocenters. The number of nitrogens with zero attached hydrogens (tertiary/aromatic N) is 2. The minimum Gasteiger partial charge on any atom is -0.449 e. The summed E-state index contributed by atoms with van der Waals surface area (Å²) in [4.78, 5) is 22.4. The largest absolute Gasteiger partial charge is 0.449 e. The predicted octanol–water partition coefficient (Wildman–Crippen LogP) is 5.10. The van der Waals surface area contributed by atoms with E-state index in [2.05, 4.69) is 24.9 Å². The molecule has 2 aromatic rings. The zero-order valence-corrected chi connectivity index (χ0v) is 16.0. The smallest absolute Gasteiger partial charge is 0.409 e. The minimum atomic E-state index is -0.150. The summed E-state index contributed by atoms with van der Waals surface area (Å²) in [6, 6.07) is 8.12. The molecule has 5 heteroatoms. The summed E-state index contributed by atoms with van der Waals surface area (Å²) >= 11 is 0. The lowest BCUT2D eigenvalue weighted by Crippen LogP contribution is -2.39. The first-order valence-electron chi connectivity index (χ1n) is 10.1. The highest BCUT2D eigenvalue weighted by atomic mass is 16.6. The van der Waals surface area contributed by atoms with Gasteiger partial charge in [0.15, 0.2) is 0 Å². The van der Waals surface area contributed by atoms with Crippen LogP contribution in [0.25, 0.3) is 11.0 Å². The van der Waals surface area contributed by atoms with Gasteiger partial charge in [-0.1, -0.05) is 45.2 Å². The SMILES string of the molecule is CCCCC(CC)COC(=O)N1CCC(c2nc3ccccc3[nH]2)CC1. The van der Waals surface area contributed by atoms with E-state index < -0.39 is 0 Å². The second-order valence-corrected chi connectivity index (χ2v) is 7.39. The highest BCUT2D eigenvalue weighted by Crippen LogP contribution is 2.28. The molecule has 142 valence electrons. The quantitative estimate of drug-likeness (QED) is 0.750. The number of fused-ring (bicyclic) bond motifs is 1. The fourth-order valence-corrected chi connectivity index (χ4v) is 3.68. The molecule has 5 nitrogen and oxygen atoms in total. The molecule has 1 amide bonds. The van der Waals surface area contributed by atoms with Gasteiger partial charge in [-0.05, 0) is 37.3 Å². The number of carbonyl (C=O) groups is 1. The minimum absolute atomic E-state index is 0.150. The predicted molar refractivity (Wildman–Crippen MR) is 104 cm³/mol. The molecule has 2 heterocycles. The van der Waals surface area contributed by atoms with Crippen molar-refractivity contribution in [3.63, 3.8) is 0 Å². The molecule has 1 saturated heterocycles. The Morgan fingerprint density at radius 2 is 2.08 bits per heavy atom. The third-order valence-electron chi connectivity index (χ3n) is 5.53. The summed E-state index contributed by atoms with van der Waals surface area (Å²) in [5.74, 6) is 1.93. The maximum atomic E-state index is 12.4. The maximum Gasteiger partial charge on any atom is 0.409 e. The van der Waals surface area contributed by atoms with Gasteiger partial charge in [0.2, 0.25) is 0 Å². The summed E-state index contributed by atoms with van der Waals surface area (Å²) < 4.78 is 5.58. The molecule has 0 aliphatic carbocycles. The summed E-state index contributed by atoms with van der Waals surface area (Å²) in [6.45, 7) is 6.41. The normalized spacial score (nSPS) is 16.8. The Kier molecular flexibility index (Phi) is 6.53. The van der Waals surface area contributed by atoms with Gasteiger partial charge in [-0.3, -0.25) is 0 Å². The zero-order valence-electron chi connectivity index (χ0n) is 16.0. The van der Waals surface area contributed by atoms with Crippen molar-refractivity contribution in [3.05, 3.63) is 30.1 Å². The van der Waals surface area contributed by atoms with E-state index in [1.165, 1.54) is 12.8 Å². The van der Waals surface area contributed by atoms with Gasteiger partial charge in [0.1, 0.15) is 5.82 Å². The molecular weight excluding hydrogens is 326 g/mol.